The van der Waals surface area contributed by atoms with Crippen LogP contribution in [0.3, 0.4) is 0 Å². The van der Waals surface area contributed by atoms with Gasteiger partial charge in [-0.25, -0.2) is 9.97 Å². The van der Waals surface area contributed by atoms with Gasteiger partial charge in [-0.2, -0.15) is 0 Å². The van der Waals surface area contributed by atoms with E-state index in [0.29, 0.717) is 16.7 Å². The molecule has 0 aromatic carbocycles. The molecule has 0 saturated carbocycles. The lowest BCUT2D eigenvalue weighted by Gasteiger charge is -2.06. The third-order valence-corrected chi connectivity index (χ3v) is 3.60. The molecule has 0 atom stereocenters. The van der Waals surface area contributed by atoms with Crippen molar-refractivity contribution < 1.29 is 0 Å². The van der Waals surface area contributed by atoms with Crippen LogP contribution < -0.4 is 11.1 Å². The Hall–Kier alpha value is -1.53. The van der Waals surface area contributed by atoms with Gasteiger partial charge in [-0.05, 0) is 25.0 Å². The van der Waals surface area contributed by atoms with Crippen molar-refractivity contribution in [1.29, 1.82) is 0 Å². The zero-order chi connectivity index (χ0) is 14.0. The molecule has 2 aromatic rings. The molecular weight excluding hydrogens is 276 g/mol. The van der Waals surface area contributed by atoms with Crippen molar-refractivity contribution in [3.8, 4) is 0 Å². The first-order chi connectivity index (χ1) is 8.95. The van der Waals surface area contributed by atoms with Crippen LogP contribution in [0.1, 0.15) is 36.7 Å². The molecule has 19 heavy (non-hydrogen) atoms. The van der Waals surface area contributed by atoms with Crippen LogP contribution in [0.2, 0.25) is 0 Å². The average molecular weight is 292 g/mol. The minimum Gasteiger partial charge on any atom is -0.389 e. The third kappa shape index (κ3) is 3.48. The van der Waals surface area contributed by atoms with Crippen LogP contribution in [0.5, 0.6) is 0 Å². The van der Waals surface area contributed by atoms with E-state index in [1.54, 1.807) is 11.3 Å². The highest BCUT2D eigenvalue weighted by Crippen LogP contribution is 2.24. The number of aromatic nitrogens is 2. The van der Waals surface area contributed by atoms with E-state index in [-0.39, 0.29) is 0 Å². The van der Waals surface area contributed by atoms with Gasteiger partial charge in [-0.3, -0.25) is 0 Å². The second-order valence-corrected chi connectivity index (χ2v) is 5.90. The smallest absolute Gasteiger partial charge is 0.188 e. The summed E-state index contributed by atoms with van der Waals surface area (Å²) >= 11 is 6.56. The summed E-state index contributed by atoms with van der Waals surface area (Å²) in [6, 6.07) is 3.71. The molecular formula is C13H16N4S2. The molecule has 2 rings (SSSR count). The van der Waals surface area contributed by atoms with Gasteiger partial charge in [0, 0.05) is 16.6 Å². The number of pyridine rings is 1. The van der Waals surface area contributed by atoms with E-state index < -0.39 is 0 Å². The predicted molar refractivity (Wildman–Crippen MR) is 84.3 cm³/mol. The zero-order valence-electron chi connectivity index (χ0n) is 11.1. The van der Waals surface area contributed by atoms with Crippen molar-refractivity contribution in [2.75, 3.05) is 5.32 Å². The quantitative estimate of drug-likeness (QED) is 0.846. The van der Waals surface area contributed by atoms with Crippen LogP contribution in [0, 0.1) is 6.92 Å². The second-order valence-electron chi connectivity index (χ2n) is 4.60. The number of nitrogens with zero attached hydrogens (tertiary/aromatic N) is 2. The number of hydrogen-bond acceptors (Lipinski definition) is 5. The van der Waals surface area contributed by atoms with Crippen LogP contribution >= 0.6 is 23.6 Å². The van der Waals surface area contributed by atoms with Gasteiger partial charge >= 0.3 is 0 Å². The maximum Gasteiger partial charge on any atom is 0.188 e. The van der Waals surface area contributed by atoms with Crippen molar-refractivity contribution in [2.45, 2.75) is 26.7 Å². The summed E-state index contributed by atoms with van der Waals surface area (Å²) in [7, 11) is 0. The standard InChI is InChI=1S/C13H16N4S2/c1-7(2)10-6-19-13(16-10)17-11-5-9(12(14)18)4-8(3)15-11/h4-7H,1-3H3,(H2,14,18)(H,15,16,17). The van der Waals surface area contributed by atoms with E-state index in [0.717, 1.165) is 22.1 Å². The van der Waals surface area contributed by atoms with E-state index in [2.05, 4.69) is 34.5 Å². The lowest BCUT2D eigenvalue weighted by Crippen LogP contribution is -2.10. The molecule has 2 heterocycles. The lowest BCUT2D eigenvalue weighted by molar-refractivity contribution is 0.834. The van der Waals surface area contributed by atoms with E-state index in [1.807, 2.05) is 19.1 Å². The monoisotopic (exact) mass is 292 g/mol. The summed E-state index contributed by atoms with van der Waals surface area (Å²) in [5.74, 6) is 1.14. The highest BCUT2D eigenvalue weighted by atomic mass is 32.1. The fourth-order valence-corrected chi connectivity index (χ4v) is 2.59. The Morgan fingerprint density at radius 1 is 1.37 bits per heavy atom. The van der Waals surface area contributed by atoms with E-state index in [4.69, 9.17) is 18.0 Å². The maximum absolute atomic E-state index is 5.65. The molecule has 4 nitrogen and oxygen atoms in total. The molecule has 0 saturated heterocycles. The number of thiocarbonyl (C=S) groups is 1. The first-order valence-electron chi connectivity index (χ1n) is 5.96. The third-order valence-electron chi connectivity index (χ3n) is 2.59. The fourth-order valence-electron chi connectivity index (χ4n) is 1.59. The minimum absolute atomic E-state index is 0.371. The Morgan fingerprint density at radius 3 is 2.68 bits per heavy atom. The summed E-state index contributed by atoms with van der Waals surface area (Å²) in [5.41, 5.74) is 8.41. The van der Waals surface area contributed by atoms with Crippen molar-refractivity contribution in [1.82, 2.24) is 9.97 Å². The first-order valence-corrected chi connectivity index (χ1v) is 7.25. The topological polar surface area (TPSA) is 63.8 Å². The molecule has 0 radical (unpaired) electrons. The van der Waals surface area contributed by atoms with Crippen molar-refractivity contribution in [2.24, 2.45) is 5.73 Å². The van der Waals surface area contributed by atoms with Crippen molar-refractivity contribution >= 4 is 39.5 Å². The summed E-state index contributed by atoms with van der Waals surface area (Å²) in [6.45, 7) is 6.15. The van der Waals surface area contributed by atoms with Gasteiger partial charge < -0.3 is 11.1 Å². The summed E-state index contributed by atoms with van der Waals surface area (Å²) < 4.78 is 0. The number of thiazole rings is 1. The molecule has 0 spiro atoms. The number of nitrogens with one attached hydrogen (secondary N) is 1. The number of aryl methyl sites for hydroxylation is 1. The van der Waals surface area contributed by atoms with E-state index in [1.165, 1.54) is 0 Å². The molecule has 0 fully saturated rings. The van der Waals surface area contributed by atoms with E-state index in [9.17, 15) is 0 Å². The summed E-state index contributed by atoms with van der Waals surface area (Å²) in [5, 5.41) is 6.08. The average Bonchev–Trinajstić information content (AvgIpc) is 2.76. The Morgan fingerprint density at radius 2 is 2.11 bits per heavy atom. The largest absolute Gasteiger partial charge is 0.389 e. The van der Waals surface area contributed by atoms with Gasteiger partial charge in [-0.1, -0.05) is 26.1 Å². The van der Waals surface area contributed by atoms with Gasteiger partial charge in [0.2, 0.25) is 0 Å². The molecule has 0 aliphatic heterocycles. The molecule has 6 heteroatoms. The van der Waals surface area contributed by atoms with Gasteiger partial charge in [0.25, 0.3) is 0 Å². The molecule has 100 valence electrons. The van der Waals surface area contributed by atoms with Crippen LogP contribution in [0.25, 0.3) is 0 Å². The molecule has 3 N–H and O–H groups in total. The zero-order valence-corrected chi connectivity index (χ0v) is 12.7. The van der Waals surface area contributed by atoms with Crippen molar-refractivity contribution in [3.63, 3.8) is 0 Å². The molecule has 0 amide bonds. The maximum atomic E-state index is 5.65. The van der Waals surface area contributed by atoms with Crippen LogP contribution in [0.4, 0.5) is 10.9 Å². The van der Waals surface area contributed by atoms with Gasteiger partial charge in [0.15, 0.2) is 5.13 Å². The second kappa shape index (κ2) is 5.63. The Balaban J connectivity index is 2.24. The number of hydrogen-bond donors (Lipinski definition) is 2. The lowest BCUT2D eigenvalue weighted by atomic mass is 10.2. The highest BCUT2D eigenvalue weighted by Gasteiger charge is 2.08. The summed E-state index contributed by atoms with van der Waals surface area (Å²) in [4.78, 5) is 9.29. The number of anilines is 2. The van der Waals surface area contributed by atoms with Gasteiger partial charge in [-0.15, -0.1) is 11.3 Å². The Bertz CT molecular complexity index is 604. The number of nitrogens with two attached hydrogens (primary N) is 1. The first kappa shape index (κ1) is 13.9. The van der Waals surface area contributed by atoms with Crippen LogP contribution in [-0.2, 0) is 0 Å². The Kier molecular flexibility index (Phi) is 4.11. The molecule has 0 aliphatic carbocycles. The summed E-state index contributed by atoms with van der Waals surface area (Å²) in [6.07, 6.45) is 0. The molecule has 0 bridgehead atoms. The fraction of sp³-hybridized carbons (Fsp3) is 0.308. The van der Waals surface area contributed by atoms with Gasteiger partial charge in [0.05, 0.1) is 5.69 Å². The van der Waals surface area contributed by atoms with Crippen molar-refractivity contribution in [3.05, 3.63) is 34.5 Å². The number of rotatable bonds is 4. The van der Waals surface area contributed by atoms with Crippen LogP contribution in [0.15, 0.2) is 17.5 Å². The molecule has 0 aliphatic rings. The minimum atomic E-state index is 0.371. The molecule has 0 unspecified atom stereocenters. The normalized spacial score (nSPS) is 10.7. The van der Waals surface area contributed by atoms with E-state index >= 15 is 0 Å². The molecule has 2 aromatic heterocycles. The SMILES string of the molecule is Cc1cc(C(N)=S)cc(Nc2nc(C(C)C)cs2)n1. The highest BCUT2D eigenvalue weighted by molar-refractivity contribution is 7.80. The van der Waals surface area contributed by atoms with Crippen LogP contribution in [-0.4, -0.2) is 15.0 Å². The van der Waals surface area contributed by atoms with Gasteiger partial charge in [0.1, 0.15) is 10.8 Å². The Labute approximate surface area is 122 Å². The predicted octanol–water partition coefficient (Wildman–Crippen LogP) is 3.35.